The van der Waals surface area contributed by atoms with Gasteiger partial charge < -0.3 is 9.47 Å². The van der Waals surface area contributed by atoms with Gasteiger partial charge in [0.1, 0.15) is 0 Å². The quantitative estimate of drug-likeness (QED) is 0.652. The fraction of sp³-hybridized carbons (Fsp3) is 0.182. The first-order chi connectivity index (χ1) is 13.5. The Morgan fingerprint density at radius 2 is 1.46 bits per heavy atom. The van der Waals surface area contributed by atoms with Crippen molar-refractivity contribution in [3.63, 3.8) is 0 Å². The van der Waals surface area contributed by atoms with E-state index in [0.29, 0.717) is 11.5 Å². The molecule has 0 aliphatic heterocycles. The first kappa shape index (κ1) is 19.9. The van der Waals surface area contributed by atoms with Gasteiger partial charge in [-0.15, -0.1) is 0 Å². The molecular weight excluding hydrogens is 374 g/mol. The standard InChI is InChI=1S/C22H23NO4S/c1-16-9-7-8-12-19(16)22(17-10-5-4-6-11-17)23-28(24,25)18-13-14-20(26-2)21(15-18)27-3/h4-15,22-23H,1-3H3/t22-/m1/s1. The Bertz CT molecular complexity index is 1050. The van der Waals surface area contributed by atoms with Crippen molar-refractivity contribution < 1.29 is 17.9 Å². The number of nitrogens with one attached hydrogen (secondary N) is 1. The zero-order valence-electron chi connectivity index (χ0n) is 16.0. The van der Waals surface area contributed by atoms with Crippen LogP contribution in [-0.4, -0.2) is 22.6 Å². The monoisotopic (exact) mass is 397 g/mol. The molecule has 0 fully saturated rings. The number of ether oxygens (including phenoxy) is 2. The van der Waals surface area contributed by atoms with E-state index < -0.39 is 16.1 Å². The maximum absolute atomic E-state index is 13.2. The largest absolute Gasteiger partial charge is 0.493 e. The Morgan fingerprint density at radius 3 is 2.11 bits per heavy atom. The molecule has 0 aliphatic carbocycles. The lowest BCUT2D eigenvalue weighted by Crippen LogP contribution is -2.30. The van der Waals surface area contributed by atoms with Crippen LogP contribution in [0, 0.1) is 6.92 Å². The summed E-state index contributed by atoms with van der Waals surface area (Å²) in [5, 5.41) is 0. The van der Waals surface area contributed by atoms with Crippen molar-refractivity contribution in [2.45, 2.75) is 17.9 Å². The Morgan fingerprint density at radius 1 is 0.821 bits per heavy atom. The average Bonchev–Trinajstić information content (AvgIpc) is 2.72. The van der Waals surface area contributed by atoms with E-state index in [1.165, 1.54) is 26.4 Å². The number of rotatable bonds is 7. The van der Waals surface area contributed by atoms with E-state index in [-0.39, 0.29) is 4.90 Å². The van der Waals surface area contributed by atoms with Gasteiger partial charge in [0.25, 0.3) is 0 Å². The SMILES string of the molecule is COc1ccc(S(=O)(=O)N[C@H](c2ccccc2)c2ccccc2C)cc1OC. The molecular formula is C22H23NO4S. The van der Waals surface area contributed by atoms with E-state index in [1.807, 2.05) is 61.5 Å². The molecule has 146 valence electrons. The van der Waals surface area contributed by atoms with Gasteiger partial charge in [-0.1, -0.05) is 54.6 Å². The predicted molar refractivity (Wildman–Crippen MR) is 109 cm³/mol. The van der Waals surface area contributed by atoms with Crippen LogP contribution in [0.25, 0.3) is 0 Å². The molecule has 5 nitrogen and oxygen atoms in total. The molecule has 3 aromatic rings. The highest BCUT2D eigenvalue weighted by molar-refractivity contribution is 7.89. The van der Waals surface area contributed by atoms with Crippen LogP contribution in [0.3, 0.4) is 0 Å². The predicted octanol–water partition coefficient (Wildman–Crippen LogP) is 4.08. The van der Waals surface area contributed by atoms with Crippen molar-refractivity contribution in [1.82, 2.24) is 4.72 Å². The highest BCUT2D eigenvalue weighted by Gasteiger charge is 2.25. The lowest BCUT2D eigenvalue weighted by Gasteiger charge is -2.22. The van der Waals surface area contributed by atoms with E-state index >= 15 is 0 Å². The van der Waals surface area contributed by atoms with Gasteiger partial charge in [-0.05, 0) is 35.7 Å². The van der Waals surface area contributed by atoms with E-state index in [4.69, 9.17) is 9.47 Å². The molecule has 28 heavy (non-hydrogen) atoms. The number of hydrogen-bond donors (Lipinski definition) is 1. The van der Waals surface area contributed by atoms with E-state index in [2.05, 4.69) is 4.72 Å². The van der Waals surface area contributed by atoms with Crippen molar-refractivity contribution in [2.75, 3.05) is 14.2 Å². The van der Waals surface area contributed by atoms with Gasteiger partial charge in [0.2, 0.25) is 10.0 Å². The normalized spacial score (nSPS) is 12.4. The van der Waals surface area contributed by atoms with E-state index in [0.717, 1.165) is 16.7 Å². The van der Waals surface area contributed by atoms with Crippen LogP contribution in [-0.2, 0) is 10.0 Å². The summed E-state index contributed by atoms with van der Waals surface area (Å²) in [7, 11) is -0.834. The summed E-state index contributed by atoms with van der Waals surface area (Å²) >= 11 is 0. The second-order valence-corrected chi connectivity index (χ2v) is 8.05. The summed E-state index contributed by atoms with van der Waals surface area (Å²) in [6.07, 6.45) is 0. The lowest BCUT2D eigenvalue weighted by molar-refractivity contribution is 0.354. The summed E-state index contributed by atoms with van der Waals surface area (Å²) in [5.74, 6) is 0.831. The number of sulfonamides is 1. The maximum atomic E-state index is 13.2. The van der Waals surface area contributed by atoms with Gasteiger partial charge in [0, 0.05) is 6.07 Å². The van der Waals surface area contributed by atoms with Crippen LogP contribution in [0.4, 0.5) is 0 Å². The number of hydrogen-bond acceptors (Lipinski definition) is 4. The van der Waals surface area contributed by atoms with Gasteiger partial charge in [-0.3, -0.25) is 0 Å². The molecule has 1 N–H and O–H groups in total. The molecule has 0 radical (unpaired) electrons. The molecule has 0 aliphatic rings. The minimum absolute atomic E-state index is 0.111. The fourth-order valence-electron chi connectivity index (χ4n) is 3.07. The molecule has 0 amide bonds. The van der Waals surface area contributed by atoms with Crippen LogP contribution in [0.5, 0.6) is 11.5 Å². The van der Waals surface area contributed by atoms with Crippen LogP contribution < -0.4 is 14.2 Å². The Kier molecular flexibility index (Phi) is 6.02. The van der Waals surface area contributed by atoms with Gasteiger partial charge in [-0.2, -0.15) is 4.72 Å². The van der Waals surface area contributed by atoms with Crippen LogP contribution in [0.15, 0.2) is 77.7 Å². The van der Waals surface area contributed by atoms with Crippen molar-refractivity contribution in [3.05, 3.63) is 89.5 Å². The minimum atomic E-state index is -3.82. The molecule has 6 heteroatoms. The Hall–Kier alpha value is -2.83. The molecule has 0 saturated heterocycles. The van der Waals surface area contributed by atoms with Crippen LogP contribution in [0.2, 0.25) is 0 Å². The third-order valence-corrected chi connectivity index (χ3v) is 5.99. The lowest BCUT2D eigenvalue weighted by atomic mass is 9.96. The maximum Gasteiger partial charge on any atom is 0.241 e. The Labute approximate surface area is 166 Å². The van der Waals surface area contributed by atoms with Crippen molar-refractivity contribution >= 4 is 10.0 Å². The fourth-order valence-corrected chi connectivity index (χ4v) is 4.29. The number of methoxy groups -OCH3 is 2. The molecule has 0 bridgehead atoms. The highest BCUT2D eigenvalue weighted by Crippen LogP contribution is 2.31. The van der Waals surface area contributed by atoms with Crippen LogP contribution >= 0.6 is 0 Å². The molecule has 0 heterocycles. The zero-order chi connectivity index (χ0) is 20.1. The first-order valence-corrected chi connectivity index (χ1v) is 10.3. The smallest absolute Gasteiger partial charge is 0.241 e. The van der Waals surface area contributed by atoms with Gasteiger partial charge in [0.15, 0.2) is 11.5 Å². The first-order valence-electron chi connectivity index (χ1n) is 8.81. The molecule has 0 saturated carbocycles. The third kappa shape index (κ3) is 4.18. The molecule has 0 spiro atoms. The van der Waals surface area contributed by atoms with Gasteiger partial charge in [-0.25, -0.2) is 8.42 Å². The topological polar surface area (TPSA) is 64.6 Å². The second-order valence-electron chi connectivity index (χ2n) is 6.34. The average molecular weight is 397 g/mol. The van der Waals surface area contributed by atoms with Crippen molar-refractivity contribution in [3.8, 4) is 11.5 Å². The third-order valence-electron chi connectivity index (χ3n) is 4.57. The molecule has 0 unspecified atom stereocenters. The summed E-state index contributed by atoms with van der Waals surface area (Å²) in [5.41, 5.74) is 2.77. The molecule has 0 aromatic heterocycles. The summed E-state index contributed by atoms with van der Waals surface area (Å²) in [6, 6.07) is 21.3. The molecule has 3 rings (SSSR count). The van der Waals surface area contributed by atoms with Gasteiger partial charge >= 0.3 is 0 Å². The molecule has 1 atom stereocenters. The number of benzene rings is 3. The zero-order valence-corrected chi connectivity index (χ0v) is 16.9. The minimum Gasteiger partial charge on any atom is -0.493 e. The van der Waals surface area contributed by atoms with Gasteiger partial charge in [0.05, 0.1) is 25.2 Å². The van der Waals surface area contributed by atoms with Crippen molar-refractivity contribution in [2.24, 2.45) is 0 Å². The van der Waals surface area contributed by atoms with Crippen LogP contribution in [0.1, 0.15) is 22.7 Å². The number of aryl methyl sites for hydroxylation is 1. The molecule has 3 aromatic carbocycles. The second kappa shape index (κ2) is 8.46. The highest BCUT2D eigenvalue weighted by atomic mass is 32.2. The van der Waals surface area contributed by atoms with E-state index in [9.17, 15) is 8.42 Å². The summed E-state index contributed by atoms with van der Waals surface area (Å²) < 4.78 is 39.6. The van der Waals surface area contributed by atoms with Crippen molar-refractivity contribution in [1.29, 1.82) is 0 Å². The summed E-state index contributed by atoms with van der Waals surface area (Å²) in [6.45, 7) is 1.97. The Balaban J connectivity index is 2.04. The van der Waals surface area contributed by atoms with E-state index in [1.54, 1.807) is 6.07 Å². The summed E-state index contributed by atoms with van der Waals surface area (Å²) in [4.78, 5) is 0.111.